The standard InChI is InChI=1S/C20H25ClN4O/c1-14-19(21)15(2)25(22-14)12-16-5-7-17(8-6-16)20(26)24-11-10-23-9-3-4-18(23)13-24/h5-8,18H,3-4,9-13H2,1-2H3/t18-/m1/s1. The Labute approximate surface area is 159 Å². The Balaban J connectivity index is 1.43. The number of fused-ring (bicyclic) bond motifs is 1. The highest BCUT2D eigenvalue weighted by Crippen LogP contribution is 2.23. The van der Waals surface area contributed by atoms with Crippen molar-refractivity contribution in [3.63, 3.8) is 0 Å². The molecule has 2 aliphatic heterocycles. The average Bonchev–Trinajstić information content (AvgIpc) is 3.22. The van der Waals surface area contributed by atoms with Crippen molar-refractivity contribution in [2.75, 3.05) is 26.2 Å². The number of benzene rings is 1. The van der Waals surface area contributed by atoms with Gasteiger partial charge in [0.25, 0.3) is 5.91 Å². The number of nitrogens with zero attached hydrogens (tertiary/aromatic N) is 4. The van der Waals surface area contributed by atoms with E-state index in [1.807, 2.05) is 47.7 Å². The highest BCUT2D eigenvalue weighted by atomic mass is 35.5. The fraction of sp³-hybridized carbons (Fsp3) is 0.500. The Morgan fingerprint density at radius 3 is 2.65 bits per heavy atom. The number of carbonyl (C=O) groups is 1. The van der Waals surface area contributed by atoms with Crippen molar-refractivity contribution in [3.8, 4) is 0 Å². The second-order valence-electron chi connectivity index (χ2n) is 7.42. The van der Waals surface area contributed by atoms with Crippen molar-refractivity contribution in [2.24, 2.45) is 0 Å². The lowest BCUT2D eigenvalue weighted by molar-refractivity contribution is 0.0571. The molecule has 3 heterocycles. The van der Waals surface area contributed by atoms with Gasteiger partial charge in [0.1, 0.15) is 0 Å². The van der Waals surface area contributed by atoms with Crippen molar-refractivity contribution in [1.29, 1.82) is 0 Å². The molecule has 0 unspecified atom stereocenters. The quantitative estimate of drug-likeness (QED) is 0.831. The van der Waals surface area contributed by atoms with Crippen LogP contribution in [0.4, 0.5) is 0 Å². The molecule has 26 heavy (non-hydrogen) atoms. The molecule has 0 N–H and O–H groups in total. The molecule has 2 saturated heterocycles. The summed E-state index contributed by atoms with van der Waals surface area (Å²) in [5.41, 5.74) is 3.71. The molecule has 5 nitrogen and oxygen atoms in total. The van der Waals surface area contributed by atoms with E-state index in [0.717, 1.165) is 47.2 Å². The Morgan fingerprint density at radius 1 is 1.19 bits per heavy atom. The lowest BCUT2D eigenvalue weighted by atomic mass is 10.1. The molecule has 1 aromatic heterocycles. The van der Waals surface area contributed by atoms with E-state index in [1.54, 1.807) is 0 Å². The number of aryl methyl sites for hydroxylation is 1. The van der Waals surface area contributed by atoms with E-state index in [4.69, 9.17) is 11.6 Å². The molecule has 138 valence electrons. The smallest absolute Gasteiger partial charge is 0.253 e. The van der Waals surface area contributed by atoms with Crippen LogP contribution in [0.15, 0.2) is 24.3 Å². The van der Waals surface area contributed by atoms with Crippen molar-refractivity contribution in [3.05, 3.63) is 51.8 Å². The zero-order valence-electron chi connectivity index (χ0n) is 15.4. The van der Waals surface area contributed by atoms with Gasteiger partial charge in [-0.3, -0.25) is 14.4 Å². The summed E-state index contributed by atoms with van der Waals surface area (Å²) in [5, 5.41) is 5.20. The minimum Gasteiger partial charge on any atom is -0.336 e. The number of hydrogen-bond donors (Lipinski definition) is 0. The first-order chi connectivity index (χ1) is 12.5. The van der Waals surface area contributed by atoms with Crippen molar-refractivity contribution in [2.45, 2.75) is 39.3 Å². The summed E-state index contributed by atoms with van der Waals surface area (Å²) in [6.07, 6.45) is 2.48. The van der Waals surface area contributed by atoms with E-state index in [1.165, 1.54) is 19.4 Å². The Hall–Kier alpha value is -1.85. The van der Waals surface area contributed by atoms with Gasteiger partial charge < -0.3 is 4.90 Å². The predicted octanol–water partition coefficient (Wildman–Crippen LogP) is 3.12. The predicted molar refractivity (Wildman–Crippen MR) is 103 cm³/mol. The van der Waals surface area contributed by atoms with Gasteiger partial charge in [-0.2, -0.15) is 5.10 Å². The van der Waals surface area contributed by atoms with Crippen LogP contribution in [0.25, 0.3) is 0 Å². The second kappa shape index (κ2) is 7.05. The summed E-state index contributed by atoms with van der Waals surface area (Å²) in [6, 6.07) is 8.47. The van der Waals surface area contributed by atoms with E-state index in [2.05, 4.69) is 10.00 Å². The molecule has 0 aliphatic carbocycles. The molecule has 2 aliphatic rings. The first-order valence-corrected chi connectivity index (χ1v) is 9.72. The number of amides is 1. The molecule has 0 spiro atoms. The number of piperazine rings is 1. The van der Waals surface area contributed by atoms with Gasteiger partial charge >= 0.3 is 0 Å². The Morgan fingerprint density at radius 2 is 1.96 bits per heavy atom. The number of carbonyl (C=O) groups excluding carboxylic acids is 1. The van der Waals surface area contributed by atoms with Crippen LogP contribution in [-0.4, -0.2) is 57.7 Å². The fourth-order valence-corrected chi connectivity index (χ4v) is 4.25. The van der Waals surface area contributed by atoms with Gasteiger partial charge in [0.2, 0.25) is 0 Å². The van der Waals surface area contributed by atoms with Crippen molar-refractivity contribution >= 4 is 17.5 Å². The molecule has 1 amide bonds. The highest BCUT2D eigenvalue weighted by molar-refractivity contribution is 6.31. The first-order valence-electron chi connectivity index (χ1n) is 9.34. The van der Waals surface area contributed by atoms with Crippen LogP contribution in [-0.2, 0) is 6.54 Å². The van der Waals surface area contributed by atoms with Gasteiger partial charge in [0.15, 0.2) is 0 Å². The van der Waals surface area contributed by atoms with Crippen molar-refractivity contribution in [1.82, 2.24) is 19.6 Å². The van der Waals surface area contributed by atoms with Gasteiger partial charge in [-0.1, -0.05) is 23.7 Å². The Bertz CT molecular complexity index is 814. The lowest BCUT2D eigenvalue weighted by Crippen LogP contribution is -2.52. The first kappa shape index (κ1) is 17.6. The summed E-state index contributed by atoms with van der Waals surface area (Å²) in [7, 11) is 0. The minimum atomic E-state index is 0.150. The van der Waals surface area contributed by atoms with Gasteiger partial charge in [-0.15, -0.1) is 0 Å². The molecule has 0 bridgehead atoms. The normalized spacial score (nSPS) is 20.4. The number of aromatic nitrogens is 2. The fourth-order valence-electron chi connectivity index (χ4n) is 4.11. The van der Waals surface area contributed by atoms with Crippen LogP contribution >= 0.6 is 11.6 Å². The monoisotopic (exact) mass is 372 g/mol. The molecule has 1 atom stereocenters. The van der Waals surface area contributed by atoms with Crippen LogP contribution in [0.5, 0.6) is 0 Å². The molecular formula is C20H25ClN4O. The number of rotatable bonds is 3. The van der Waals surface area contributed by atoms with Crippen LogP contribution in [0, 0.1) is 13.8 Å². The molecule has 2 fully saturated rings. The largest absolute Gasteiger partial charge is 0.336 e. The maximum Gasteiger partial charge on any atom is 0.253 e. The van der Waals surface area contributed by atoms with Crippen LogP contribution < -0.4 is 0 Å². The maximum atomic E-state index is 12.8. The molecule has 2 aromatic rings. The van der Waals surface area contributed by atoms with Gasteiger partial charge in [-0.25, -0.2) is 0 Å². The third-order valence-corrected chi connectivity index (χ3v) is 6.25. The van der Waals surface area contributed by atoms with Gasteiger partial charge in [-0.05, 0) is 50.9 Å². The van der Waals surface area contributed by atoms with Crippen molar-refractivity contribution < 1.29 is 4.79 Å². The summed E-state index contributed by atoms with van der Waals surface area (Å²) < 4.78 is 1.91. The summed E-state index contributed by atoms with van der Waals surface area (Å²) in [4.78, 5) is 17.4. The molecule has 4 rings (SSSR count). The van der Waals surface area contributed by atoms with Crippen LogP contribution in [0.3, 0.4) is 0 Å². The average molecular weight is 373 g/mol. The second-order valence-corrected chi connectivity index (χ2v) is 7.80. The summed E-state index contributed by atoms with van der Waals surface area (Å²) in [5.74, 6) is 0.150. The summed E-state index contributed by atoms with van der Waals surface area (Å²) in [6.45, 7) is 8.45. The maximum absolute atomic E-state index is 12.8. The van der Waals surface area contributed by atoms with E-state index in [0.29, 0.717) is 12.6 Å². The molecule has 0 saturated carbocycles. The number of hydrogen-bond acceptors (Lipinski definition) is 3. The van der Waals surface area contributed by atoms with E-state index in [9.17, 15) is 4.79 Å². The topological polar surface area (TPSA) is 41.4 Å². The zero-order chi connectivity index (χ0) is 18.3. The third kappa shape index (κ3) is 3.26. The zero-order valence-corrected chi connectivity index (χ0v) is 16.2. The minimum absolute atomic E-state index is 0.150. The third-order valence-electron chi connectivity index (χ3n) is 5.70. The molecule has 1 aromatic carbocycles. The summed E-state index contributed by atoms with van der Waals surface area (Å²) >= 11 is 6.22. The van der Waals surface area contributed by atoms with E-state index >= 15 is 0 Å². The van der Waals surface area contributed by atoms with Crippen LogP contribution in [0.1, 0.15) is 40.2 Å². The molecule has 6 heteroatoms. The lowest BCUT2D eigenvalue weighted by Gasteiger charge is -2.37. The SMILES string of the molecule is Cc1nn(Cc2ccc(C(=O)N3CCN4CCC[C@@H]4C3)cc2)c(C)c1Cl. The van der Waals surface area contributed by atoms with Gasteiger partial charge in [0, 0.05) is 31.2 Å². The molecule has 0 radical (unpaired) electrons. The van der Waals surface area contributed by atoms with E-state index < -0.39 is 0 Å². The Kier molecular flexibility index (Phi) is 4.76. The number of halogens is 1. The van der Waals surface area contributed by atoms with Gasteiger partial charge in [0.05, 0.1) is 23.0 Å². The highest BCUT2D eigenvalue weighted by Gasteiger charge is 2.32. The van der Waals surface area contributed by atoms with E-state index in [-0.39, 0.29) is 5.91 Å². The van der Waals surface area contributed by atoms with Crippen LogP contribution in [0.2, 0.25) is 5.02 Å². The molecular weight excluding hydrogens is 348 g/mol.